The molecule has 0 unspecified atom stereocenters. The summed E-state index contributed by atoms with van der Waals surface area (Å²) in [6, 6.07) is 7.54. The lowest BCUT2D eigenvalue weighted by Crippen LogP contribution is -2.44. The number of halogens is 6. The van der Waals surface area contributed by atoms with Crippen molar-refractivity contribution in [3.63, 3.8) is 0 Å². The Morgan fingerprint density at radius 2 is 1.48 bits per heavy atom. The van der Waals surface area contributed by atoms with Crippen LogP contribution in [0.15, 0.2) is 41.5 Å². The van der Waals surface area contributed by atoms with E-state index >= 15 is 13.2 Å². The number of hydrogen-bond donors (Lipinski definition) is 0. The van der Waals surface area contributed by atoms with Gasteiger partial charge in [0.1, 0.15) is 5.83 Å². The van der Waals surface area contributed by atoms with Gasteiger partial charge in [-0.15, -0.1) is 11.3 Å². The Labute approximate surface area is 170 Å². The lowest BCUT2D eigenvalue weighted by Gasteiger charge is -2.29. The Kier molecular flexibility index (Phi) is 6.72. The maximum Gasteiger partial charge on any atom is 0.342 e. The van der Waals surface area contributed by atoms with Crippen LogP contribution in [-0.4, -0.2) is 18.5 Å². The quantitative estimate of drug-likeness (QED) is 0.320. The molecule has 0 spiro atoms. The van der Waals surface area contributed by atoms with Crippen LogP contribution in [0.3, 0.4) is 0 Å². The van der Waals surface area contributed by atoms with E-state index in [-0.39, 0.29) is 22.3 Å². The summed E-state index contributed by atoms with van der Waals surface area (Å²) in [6.45, 7) is 5.02. The summed E-state index contributed by atoms with van der Waals surface area (Å²) < 4.78 is 86.9. The lowest BCUT2D eigenvalue weighted by atomic mass is 9.85. The first-order chi connectivity index (χ1) is 13.4. The van der Waals surface area contributed by atoms with E-state index in [1.165, 1.54) is 56.4 Å². The molecule has 0 saturated carbocycles. The van der Waals surface area contributed by atoms with Crippen LogP contribution in [0, 0.1) is 20.8 Å². The van der Waals surface area contributed by atoms with E-state index in [9.17, 15) is 13.2 Å². The van der Waals surface area contributed by atoms with Gasteiger partial charge in [-0.2, -0.15) is 17.6 Å². The fourth-order valence-electron chi connectivity index (χ4n) is 3.20. The third-order valence-electron chi connectivity index (χ3n) is 4.75. The van der Waals surface area contributed by atoms with Gasteiger partial charge in [0, 0.05) is 15.3 Å². The molecule has 7 heteroatoms. The van der Waals surface area contributed by atoms with Gasteiger partial charge in [0.15, 0.2) is 6.67 Å². The van der Waals surface area contributed by atoms with Crippen LogP contribution in [0.1, 0.15) is 40.3 Å². The highest BCUT2D eigenvalue weighted by molar-refractivity contribution is 7.12. The van der Waals surface area contributed by atoms with Crippen molar-refractivity contribution in [2.75, 3.05) is 6.67 Å². The maximum atomic E-state index is 15.7. The van der Waals surface area contributed by atoms with Gasteiger partial charge < -0.3 is 0 Å². The highest BCUT2D eigenvalue weighted by Gasteiger charge is 2.61. The number of alkyl halides is 5. The topological polar surface area (TPSA) is 0 Å². The van der Waals surface area contributed by atoms with Crippen LogP contribution < -0.4 is 0 Å². The lowest BCUT2D eigenvalue weighted by molar-refractivity contribution is -0.191. The Balaban J connectivity index is 3.00. The third kappa shape index (κ3) is 4.15. The zero-order valence-corrected chi connectivity index (χ0v) is 17.6. The molecular formula is C22H22F6S. The van der Waals surface area contributed by atoms with Crippen molar-refractivity contribution in [2.45, 2.75) is 46.5 Å². The fraction of sp³-hybridized carbons (Fsp3) is 0.364. The number of benzene rings is 1. The summed E-state index contributed by atoms with van der Waals surface area (Å²) in [5, 5.41) is 0. The van der Waals surface area contributed by atoms with Crippen LogP contribution in [-0.2, 0) is 0 Å². The molecule has 2 aromatic rings. The first kappa shape index (κ1) is 23.3. The van der Waals surface area contributed by atoms with Gasteiger partial charge in [-0.1, -0.05) is 35.9 Å². The van der Waals surface area contributed by atoms with Crippen LogP contribution >= 0.6 is 11.3 Å². The van der Waals surface area contributed by atoms with Crippen LogP contribution in [0.4, 0.5) is 26.3 Å². The van der Waals surface area contributed by atoms with Crippen molar-refractivity contribution < 1.29 is 26.3 Å². The molecule has 1 heterocycles. The van der Waals surface area contributed by atoms with E-state index < -0.39 is 29.9 Å². The monoisotopic (exact) mass is 432 g/mol. The number of thiophene rings is 1. The summed E-state index contributed by atoms with van der Waals surface area (Å²) in [4.78, 5) is 1.07. The summed E-state index contributed by atoms with van der Waals surface area (Å²) >= 11 is 1.18. The molecular weight excluding hydrogens is 410 g/mol. The average molecular weight is 432 g/mol. The molecule has 1 aromatic heterocycles. The predicted octanol–water partition coefficient (Wildman–Crippen LogP) is 8.09. The predicted molar refractivity (Wildman–Crippen MR) is 107 cm³/mol. The standard InChI is InChI=1S/C22H22F6S/c1-12(2)17(16-9-7-6-8-10-16)19(22(27,28)21(25,26)11-23)20(24)18-13(3)14(4)29-15(18)5/h6-10H,11H2,1-5H3. The molecule has 1 aromatic carbocycles. The number of allylic oxidation sites excluding steroid dienone is 3. The van der Waals surface area contributed by atoms with Crippen LogP contribution in [0.5, 0.6) is 0 Å². The molecule has 158 valence electrons. The molecule has 0 aliphatic heterocycles. The van der Waals surface area contributed by atoms with Gasteiger partial charge in [0.25, 0.3) is 0 Å². The van der Waals surface area contributed by atoms with Crippen molar-refractivity contribution >= 4 is 22.7 Å². The van der Waals surface area contributed by atoms with Crippen LogP contribution in [0.25, 0.3) is 11.4 Å². The molecule has 0 nitrogen and oxygen atoms in total. The Hall–Kier alpha value is -2.02. The van der Waals surface area contributed by atoms with Gasteiger partial charge >= 0.3 is 11.8 Å². The van der Waals surface area contributed by atoms with Gasteiger partial charge in [-0.05, 0) is 51.3 Å². The first-order valence-corrected chi connectivity index (χ1v) is 9.70. The molecule has 0 N–H and O–H groups in total. The van der Waals surface area contributed by atoms with Crippen molar-refractivity contribution in [1.82, 2.24) is 0 Å². The van der Waals surface area contributed by atoms with E-state index in [2.05, 4.69) is 0 Å². The molecule has 0 atom stereocenters. The zero-order valence-electron chi connectivity index (χ0n) is 16.8. The van der Waals surface area contributed by atoms with Crippen LogP contribution in [0.2, 0.25) is 0 Å². The third-order valence-corrected chi connectivity index (χ3v) is 5.88. The molecule has 0 amide bonds. The van der Waals surface area contributed by atoms with Crippen molar-refractivity contribution in [2.24, 2.45) is 0 Å². The number of hydrogen-bond acceptors (Lipinski definition) is 1. The highest BCUT2D eigenvalue weighted by atomic mass is 32.1. The zero-order chi connectivity index (χ0) is 22.1. The summed E-state index contributed by atoms with van der Waals surface area (Å²) in [6.07, 6.45) is 0. The minimum absolute atomic E-state index is 0.147. The van der Waals surface area contributed by atoms with Gasteiger partial charge in [-0.25, -0.2) is 8.78 Å². The average Bonchev–Trinajstić information content (AvgIpc) is 2.90. The van der Waals surface area contributed by atoms with Gasteiger partial charge in [-0.3, -0.25) is 0 Å². The molecule has 2 rings (SSSR count). The molecule has 0 aliphatic rings. The van der Waals surface area contributed by atoms with E-state index in [0.29, 0.717) is 15.3 Å². The van der Waals surface area contributed by atoms with Crippen molar-refractivity contribution in [3.05, 3.63) is 67.9 Å². The highest BCUT2D eigenvalue weighted by Crippen LogP contribution is 2.51. The van der Waals surface area contributed by atoms with Gasteiger partial charge in [0.2, 0.25) is 0 Å². The largest absolute Gasteiger partial charge is 0.342 e. The second-order valence-corrected chi connectivity index (χ2v) is 8.49. The molecule has 0 aliphatic carbocycles. The van der Waals surface area contributed by atoms with E-state index in [1.54, 1.807) is 19.9 Å². The summed E-state index contributed by atoms with van der Waals surface area (Å²) in [7, 11) is 0. The second kappa shape index (κ2) is 8.38. The Morgan fingerprint density at radius 1 is 0.931 bits per heavy atom. The molecule has 29 heavy (non-hydrogen) atoms. The summed E-state index contributed by atoms with van der Waals surface area (Å²) in [5.41, 5.74) is -1.25. The fourth-order valence-corrected chi connectivity index (χ4v) is 4.26. The number of aryl methyl sites for hydroxylation is 2. The SMILES string of the molecule is CC(C)=C(C(=C(F)c1c(C)sc(C)c1C)C(F)(F)C(F)(F)CF)c1ccccc1. The smallest absolute Gasteiger partial charge is 0.244 e. The van der Waals surface area contributed by atoms with E-state index in [4.69, 9.17) is 0 Å². The van der Waals surface area contributed by atoms with Gasteiger partial charge in [0.05, 0.1) is 5.57 Å². The minimum Gasteiger partial charge on any atom is -0.244 e. The molecule has 0 radical (unpaired) electrons. The summed E-state index contributed by atoms with van der Waals surface area (Å²) in [5.74, 6) is -11.6. The van der Waals surface area contributed by atoms with E-state index in [0.717, 1.165) is 0 Å². The second-order valence-electron chi connectivity index (χ2n) is 7.06. The molecule has 0 bridgehead atoms. The maximum absolute atomic E-state index is 15.7. The van der Waals surface area contributed by atoms with Crippen molar-refractivity contribution in [1.29, 1.82) is 0 Å². The molecule has 0 fully saturated rings. The first-order valence-electron chi connectivity index (χ1n) is 8.88. The normalized spacial score (nSPS) is 13.3. The van der Waals surface area contributed by atoms with E-state index in [1.807, 2.05) is 0 Å². The Bertz CT molecular complexity index is 947. The van der Waals surface area contributed by atoms with Crippen molar-refractivity contribution in [3.8, 4) is 0 Å². The molecule has 0 saturated heterocycles. The number of rotatable bonds is 6. The Morgan fingerprint density at radius 3 is 1.90 bits per heavy atom. The minimum atomic E-state index is -5.07.